The molecule has 74 valence electrons. The maximum atomic E-state index is 11.6. The Kier molecular flexibility index (Phi) is 2.06. The molecule has 1 atom stereocenters. The van der Waals surface area contributed by atoms with Crippen LogP contribution in [0.3, 0.4) is 0 Å². The van der Waals surface area contributed by atoms with Gasteiger partial charge in [0.1, 0.15) is 0 Å². The van der Waals surface area contributed by atoms with Crippen LogP contribution in [-0.4, -0.2) is 5.91 Å². The van der Waals surface area contributed by atoms with Crippen LogP contribution >= 0.6 is 0 Å². The summed E-state index contributed by atoms with van der Waals surface area (Å²) >= 11 is 0. The molecule has 2 heteroatoms. The van der Waals surface area contributed by atoms with Gasteiger partial charge in [0.15, 0.2) is 0 Å². The fraction of sp³-hybridized carbons (Fsp3) is 0.417. The summed E-state index contributed by atoms with van der Waals surface area (Å²) in [6, 6.07) is 10.3. The molecule has 2 rings (SSSR count). The largest absolute Gasteiger partial charge is 0.349 e. The van der Waals surface area contributed by atoms with Gasteiger partial charge < -0.3 is 5.32 Å². The molecule has 2 nitrogen and oxygen atoms in total. The molecule has 0 bridgehead atoms. The summed E-state index contributed by atoms with van der Waals surface area (Å²) in [6.45, 7) is 3.98. The van der Waals surface area contributed by atoms with Crippen LogP contribution in [0.5, 0.6) is 0 Å². The highest BCUT2D eigenvalue weighted by Gasteiger charge is 2.39. The van der Waals surface area contributed by atoms with Crippen molar-refractivity contribution < 1.29 is 4.79 Å². The number of carbonyl (C=O) groups excluding carboxylic acids is 1. The predicted octanol–water partition coefficient (Wildman–Crippen LogP) is 2.27. The first-order valence-electron chi connectivity index (χ1n) is 4.95. The van der Waals surface area contributed by atoms with E-state index in [1.54, 1.807) is 0 Å². The molecule has 0 unspecified atom stereocenters. The van der Waals surface area contributed by atoms with Crippen LogP contribution in [0.4, 0.5) is 0 Å². The Bertz CT molecular complexity index is 343. The molecule has 14 heavy (non-hydrogen) atoms. The molecule has 1 aromatic rings. The van der Waals surface area contributed by atoms with E-state index in [0.29, 0.717) is 0 Å². The molecule has 1 N–H and O–H groups in total. The number of amides is 1. The van der Waals surface area contributed by atoms with E-state index < -0.39 is 0 Å². The highest BCUT2D eigenvalue weighted by molar-refractivity contribution is 5.84. The van der Waals surface area contributed by atoms with Crippen molar-refractivity contribution in [2.75, 3.05) is 0 Å². The number of hydrogen-bond acceptors (Lipinski definition) is 1. The average Bonchev–Trinajstić information content (AvgIpc) is 2.43. The van der Waals surface area contributed by atoms with Crippen LogP contribution in [-0.2, 0) is 4.79 Å². The first-order chi connectivity index (χ1) is 6.59. The smallest absolute Gasteiger partial charge is 0.226 e. The summed E-state index contributed by atoms with van der Waals surface area (Å²) in [5, 5.41) is 3.02. The van der Waals surface area contributed by atoms with Gasteiger partial charge in [-0.3, -0.25) is 4.79 Å². The Morgan fingerprint density at radius 2 is 1.93 bits per heavy atom. The van der Waals surface area contributed by atoms with Crippen LogP contribution in [0.2, 0.25) is 0 Å². The van der Waals surface area contributed by atoms with Gasteiger partial charge in [-0.1, -0.05) is 44.2 Å². The van der Waals surface area contributed by atoms with E-state index in [9.17, 15) is 4.79 Å². The van der Waals surface area contributed by atoms with Crippen molar-refractivity contribution >= 4 is 5.91 Å². The third-order valence-corrected chi connectivity index (χ3v) is 2.84. The molecular formula is C12H15NO. The number of benzene rings is 1. The van der Waals surface area contributed by atoms with Crippen molar-refractivity contribution in [3.8, 4) is 0 Å². The minimum Gasteiger partial charge on any atom is -0.349 e. The zero-order valence-corrected chi connectivity index (χ0v) is 8.58. The van der Waals surface area contributed by atoms with Crippen molar-refractivity contribution in [3.63, 3.8) is 0 Å². The van der Waals surface area contributed by atoms with Crippen LogP contribution in [0.25, 0.3) is 0 Å². The third kappa shape index (κ3) is 1.52. The average molecular weight is 189 g/mol. The second-order valence-corrected chi connectivity index (χ2v) is 4.52. The Morgan fingerprint density at radius 3 is 2.43 bits per heavy atom. The van der Waals surface area contributed by atoms with Crippen molar-refractivity contribution in [3.05, 3.63) is 35.9 Å². The fourth-order valence-corrected chi connectivity index (χ4v) is 1.89. The Hall–Kier alpha value is -1.31. The number of rotatable bonds is 1. The normalized spacial score (nSPS) is 24.7. The maximum Gasteiger partial charge on any atom is 0.226 e. The van der Waals surface area contributed by atoms with E-state index in [0.717, 1.165) is 6.42 Å². The molecular weight excluding hydrogens is 174 g/mol. The number of hydrogen-bond donors (Lipinski definition) is 1. The van der Waals surface area contributed by atoms with Crippen molar-refractivity contribution in [1.82, 2.24) is 5.32 Å². The molecule has 1 aromatic carbocycles. The minimum atomic E-state index is -0.222. The molecule has 1 amide bonds. The van der Waals surface area contributed by atoms with E-state index in [4.69, 9.17) is 0 Å². The SMILES string of the molecule is CC1(C)C[C@H](c2ccccc2)NC1=O. The van der Waals surface area contributed by atoms with E-state index >= 15 is 0 Å². The fourth-order valence-electron chi connectivity index (χ4n) is 1.89. The van der Waals surface area contributed by atoms with Gasteiger partial charge in [-0.2, -0.15) is 0 Å². The highest BCUT2D eigenvalue weighted by atomic mass is 16.2. The van der Waals surface area contributed by atoms with E-state index in [-0.39, 0.29) is 17.4 Å². The van der Waals surface area contributed by atoms with Gasteiger partial charge >= 0.3 is 0 Å². The van der Waals surface area contributed by atoms with E-state index in [1.165, 1.54) is 5.56 Å². The number of nitrogens with one attached hydrogen (secondary N) is 1. The quantitative estimate of drug-likeness (QED) is 0.721. The summed E-state index contributed by atoms with van der Waals surface area (Å²) in [6.07, 6.45) is 0.885. The second-order valence-electron chi connectivity index (χ2n) is 4.52. The number of carbonyl (C=O) groups is 1. The lowest BCUT2D eigenvalue weighted by Gasteiger charge is -2.12. The summed E-state index contributed by atoms with van der Waals surface area (Å²) < 4.78 is 0. The van der Waals surface area contributed by atoms with Gasteiger partial charge in [0.05, 0.1) is 6.04 Å². The first kappa shape index (κ1) is 9.25. The summed E-state index contributed by atoms with van der Waals surface area (Å²) in [7, 11) is 0. The molecule has 0 radical (unpaired) electrons. The lowest BCUT2D eigenvalue weighted by molar-refractivity contribution is -0.126. The van der Waals surface area contributed by atoms with Crippen molar-refractivity contribution in [2.45, 2.75) is 26.3 Å². The van der Waals surface area contributed by atoms with Crippen LogP contribution in [0, 0.1) is 5.41 Å². The standard InChI is InChI=1S/C12H15NO/c1-12(2)8-10(13-11(12)14)9-6-4-3-5-7-9/h3-7,10H,8H2,1-2H3,(H,13,14)/t10-/m1/s1. The van der Waals surface area contributed by atoms with E-state index in [2.05, 4.69) is 17.4 Å². The molecule has 0 spiro atoms. The molecule has 1 fully saturated rings. The summed E-state index contributed by atoms with van der Waals surface area (Å²) in [4.78, 5) is 11.6. The van der Waals surface area contributed by atoms with Crippen molar-refractivity contribution in [2.24, 2.45) is 5.41 Å². The Labute approximate surface area is 84.3 Å². The molecule has 1 heterocycles. The zero-order valence-electron chi connectivity index (χ0n) is 8.58. The van der Waals surface area contributed by atoms with Crippen molar-refractivity contribution in [1.29, 1.82) is 0 Å². The zero-order chi connectivity index (χ0) is 10.2. The van der Waals surface area contributed by atoms with E-state index in [1.807, 2.05) is 32.0 Å². The highest BCUT2D eigenvalue weighted by Crippen LogP contribution is 2.36. The lowest BCUT2D eigenvalue weighted by Crippen LogP contribution is -2.25. The predicted molar refractivity (Wildman–Crippen MR) is 55.7 cm³/mol. The lowest BCUT2D eigenvalue weighted by atomic mass is 9.88. The summed E-state index contributed by atoms with van der Waals surface area (Å²) in [5.41, 5.74) is 0.979. The van der Waals surface area contributed by atoms with Crippen LogP contribution in [0.15, 0.2) is 30.3 Å². The van der Waals surface area contributed by atoms with Gasteiger partial charge in [0, 0.05) is 5.41 Å². The first-order valence-corrected chi connectivity index (χ1v) is 4.95. The summed E-state index contributed by atoms with van der Waals surface area (Å²) in [5.74, 6) is 0.159. The van der Waals surface area contributed by atoms with Crippen LogP contribution < -0.4 is 5.32 Å². The van der Waals surface area contributed by atoms with Gasteiger partial charge in [-0.25, -0.2) is 0 Å². The monoisotopic (exact) mass is 189 g/mol. The Morgan fingerprint density at radius 1 is 1.29 bits per heavy atom. The van der Waals surface area contributed by atoms with Crippen LogP contribution in [0.1, 0.15) is 31.9 Å². The molecule has 0 saturated carbocycles. The Balaban J connectivity index is 2.21. The molecule has 1 aliphatic rings. The molecule has 1 aliphatic heterocycles. The van der Waals surface area contributed by atoms with Gasteiger partial charge in [0.25, 0.3) is 0 Å². The minimum absolute atomic E-state index is 0.159. The molecule has 1 saturated heterocycles. The van der Waals surface area contributed by atoms with Gasteiger partial charge in [-0.15, -0.1) is 0 Å². The van der Waals surface area contributed by atoms with Gasteiger partial charge in [0.2, 0.25) is 5.91 Å². The molecule has 0 aromatic heterocycles. The topological polar surface area (TPSA) is 29.1 Å². The molecule has 0 aliphatic carbocycles. The third-order valence-electron chi connectivity index (χ3n) is 2.84. The van der Waals surface area contributed by atoms with Gasteiger partial charge in [-0.05, 0) is 12.0 Å². The maximum absolute atomic E-state index is 11.6. The second kappa shape index (κ2) is 3.12.